The zero-order chi connectivity index (χ0) is 14.3. The molecule has 0 aromatic carbocycles. The Hall–Kier alpha value is -1.39. The lowest BCUT2D eigenvalue weighted by molar-refractivity contribution is -0.118. The monoisotopic (exact) mass is 262 g/mol. The van der Waals surface area contributed by atoms with E-state index in [0.717, 1.165) is 6.08 Å². The SMILES string of the molecule is CC(C)C(=O)/C=C(\F)CCC(C)C(=O)C=C(F)F. The van der Waals surface area contributed by atoms with E-state index in [9.17, 15) is 22.8 Å². The lowest BCUT2D eigenvalue weighted by Gasteiger charge is -2.06. The number of allylic oxidation sites excluding steroid dienone is 3. The Morgan fingerprint density at radius 1 is 1.00 bits per heavy atom. The summed E-state index contributed by atoms with van der Waals surface area (Å²) in [6, 6.07) is 0. The first-order valence-electron chi connectivity index (χ1n) is 5.70. The maximum atomic E-state index is 13.3. The van der Waals surface area contributed by atoms with Crippen LogP contribution in [0.3, 0.4) is 0 Å². The highest BCUT2D eigenvalue weighted by molar-refractivity contribution is 5.92. The number of ketones is 2. The second kappa shape index (κ2) is 7.84. The number of hydrogen-bond acceptors (Lipinski definition) is 2. The summed E-state index contributed by atoms with van der Waals surface area (Å²) in [6.45, 7) is 4.74. The average Bonchev–Trinajstić information content (AvgIpc) is 2.24. The molecular formula is C13H17F3O2. The van der Waals surface area contributed by atoms with Gasteiger partial charge in [0, 0.05) is 24.0 Å². The largest absolute Gasteiger partial charge is 0.294 e. The molecule has 0 bridgehead atoms. The van der Waals surface area contributed by atoms with Crippen molar-refractivity contribution in [2.75, 3.05) is 0 Å². The Morgan fingerprint density at radius 3 is 2.00 bits per heavy atom. The molecule has 0 aliphatic carbocycles. The highest BCUT2D eigenvalue weighted by atomic mass is 19.3. The summed E-state index contributed by atoms with van der Waals surface area (Å²) in [6.07, 6.45) is -0.930. The minimum Gasteiger partial charge on any atom is -0.294 e. The third-order valence-corrected chi connectivity index (χ3v) is 2.42. The summed E-state index contributed by atoms with van der Waals surface area (Å²) >= 11 is 0. The number of halogens is 3. The molecule has 0 aromatic heterocycles. The smallest absolute Gasteiger partial charge is 0.273 e. The minimum absolute atomic E-state index is 0.0936. The van der Waals surface area contributed by atoms with Gasteiger partial charge in [-0.05, 0) is 12.8 Å². The van der Waals surface area contributed by atoms with E-state index in [1.54, 1.807) is 13.8 Å². The van der Waals surface area contributed by atoms with Gasteiger partial charge in [-0.25, -0.2) is 4.39 Å². The van der Waals surface area contributed by atoms with Gasteiger partial charge in [-0.2, -0.15) is 8.78 Å². The number of carbonyl (C=O) groups excluding carboxylic acids is 2. The number of carbonyl (C=O) groups is 2. The quantitative estimate of drug-likeness (QED) is 0.653. The lowest BCUT2D eigenvalue weighted by atomic mass is 9.99. The normalized spacial score (nSPS) is 13.4. The first-order chi connectivity index (χ1) is 8.23. The molecule has 0 fully saturated rings. The fourth-order valence-electron chi connectivity index (χ4n) is 1.14. The lowest BCUT2D eigenvalue weighted by Crippen LogP contribution is -2.08. The average molecular weight is 262 g/mol. The fourth-order valence-corrected chi connectivity index (χ4v) is 1.14. The van der Waals surface area contributed by atoms with Gasteiger partial charge in [-0.1, -0.05) is 20.8 Å². The number of hydrogen-bond donors (Lipinski definition) is 0. The molecule has 0 N–H and O–H groups in total. The summed E-state index contributed by atoms with van der Waals surface area (Å²) in [4.78, 5) is 22.3. The molecule has 0 rings (SSSR count). The van der Waals surface area contributed by atoms with Crippen molar-refractivity contribution in [3.05, 3.63) is 24.1 Å². The summed E-state index contributed by atoms with van der Waals surface area (Å²) in [5, 5.41) is 0. The van der Waals surface area contributed by atoms with Crippen molar-refractivity contribution >= 4 is 11.6 Å². The van der Waals surface area contributed by atoms with Crippen LogP contribution in [-0.4, -0.2) is 11.6 Å². The van der Waals surface area contributed by atoms with Gasteiger partial charge in [0.05, 0.1) is 0 Å². The molecule has 2 nitrogen and oxygen atoms in total. The first-order valence-corrected chi connectivity index (χ1v) is 5.70. The molecule has 0 heterocycles. The van der Waals surface area contributed by atoms with Crippen molar-refractivity contribution in [3.8, 4) is 0 Å². The second-order valence-electron chi connectivity index (χ2n) is 4.42. The summed E-state index contributed by atoms with van der Waals surface area (Å²) in [5.74, 6) is -2.68. The van der Waals surface area contributed by atoms with E-state index < -0.39 is 23.6 Å². The van der Waals surface area contributed by atoms with Crippen LogP contribution in [0.4, 0.5) is 13.2 Å². The van der Waals surface area contributed by atoms with Crippen molar-refractivity contribution in [1.82, 2.24) is 0 Å². The van der Waals surface area contributed by atoms with E-state index in [4.69, 9.17) is 0 Å². The van der Waals surface area contributed by atoms with Crippen molar-refractivity contribution in [3.63, 3.8) is 0 Å². The van der Waals surface area contributed by atoms with Crippen LogP contribution in [0.25, 0.3) is 0 Å². The standard InChI is InChI=1S/C13H17F3O2/c1-8(2)11(17)6-10(14)5-4-9(3)12(18)7-13(15)16/h6-9H,4-5H2,1-3H3/b10-6-. The van der Waals surface area contributed by atoms with Crippen molar-refractivity contribution in [2.45, 2.75) is 33.6 Å². The van der Waals surface area contributed by atoms with Gasteiger partial charge in [-0.15, -0.1) is 0 Å². The van der Waals surface area contributed by atoms with Crippen LogP contribution in [-0.2, 0) is 9.59 Å². The predicted octanol–water partition coefficient (Wildman–Crippen LogP) is 3.83. The maximum Gasteiger partial charge on any atom is 0.273 e. The van der Waals surface area contributed by atoms with Gasteiger partial charge in [0.25, 0.3) is 6.08 Å². The number of rotatable bonds is 7. The Labute approximate surface area is 105 Å². The Balaban J connectivity index is 4.29. The molecule has 0 saturated heterocycles. The van der Waals surface area contributed by atoms with E-state index in [2.05, 4.69) is 0 Å². The second-order valence-corrected chi connectivity index (χ2v) is 4.42. The molecule has 0 spiro atoms. The zero-order valence-electron chi connectivity index (χ0n) is 10.7. The molecule has 18 heavy (non-hydrogen) atoms. The molecule has 0 aliphatic rings. The van der Waals surface area contributed by atoms with E-state index in [1.807, 2.05) is 0 Å². The van der Waals surface area contributed by atoms with Gasteiger partial charge in [0.15, 0.2) is 11.6 Å². The van der Waals surface area contributed by atoms with E-state index in [1.165, 1.54) is 6.92 Å². The first kappa shape index (κ1) is 16.6. The molecule has 0 radical (unpaired) electrons. The van der Waals surface area contributed by atoms with E-state index in [-0.39, 0.29) is 30.6 Å². The molecule has 5 heteroatoms. The predicted molar refractivity (Wildman–Crippen MR) is 62.7 cm³/mol. The van der Waals surface area contributed by atoms with E-state index >= 15 is 0 Å². The van der Waals surface area contributed by atoms with Crippen LogP contribution >= 0.6 is 0 Å². The molecule has 0 amide bonds. The summed E-state index contributed by atoms with van der Waals surface area (Å²) in [5.41, 5.74) is 0. The fraction of sp³-hybridized carbons (Fsp3) is 0.538. The molecular weight excluding hydrogens is 245 g/mol. The van der Waals surface area contributed by atoms with Crippen LogP contribution in [0, 0.1) is 11.8 Å². The summed E-state index contributed by atoms with van der Waals surface area (Å²) in [7, 11) is 0. The van der Waals surface area contributed by atoms with Gasteiger partial charge in [0.1, 0.15) is 5.83 Å². The Bertz CT molecular complexity index is 366. The topological polar surface area (TPSA) is 34.1 Å². The van der Waals surface area contributed by atoms with Crippen LogP contribution in [0.5, 0.6) is 0 Å². The van der Waals surface area contributed by atoms with Crippen LogP contribution < -0.4 is 0 Å². The van der Waals surface area contributed by atoms with Crippen molar-refractivity contribution in [1.29, 1.82) is 0 Å². The maximum absolute atomic E-state index is 13.3. The van der Waals surface area contributed by atoms with Gasteiger partial charge in [0.2, 0.25) is 0 Å². The molecule has 1 atom stereocenters. The van der Waals surface area contributed by atoms with Crippen LogP contribution in [0.2, 0.25) is 0 Å². The molecule has 102 valence electrons. The van der Waals surface area contributed by atoms with Crippen molar-refractivity contribution < 1.29 is 22.8 Å². The highest BCUT2D eigenvalue weighted by Gasteiger charge is 2.13. The van der Waals surface area contributed by atoms with Crippen LogP contribution in [0.1, 0.15) is 33.6 Å². The minimum atomic E-state index is -2.06. The molecule has 0 saturated carbocycles. The van der Waals surface area contributed by atoms with Crippen molar-refractivity contribution in [2.24, 2.45) is 11.8 Å². The molecule has 0 aliphatic heterocycles. The molecule has 1 unspecified atom stereocenters. The van der Waals surface area contributed by atoms with E-state index in [0.29, 0.717) is 0 Å². The third kappa shape index (κ3) is 7.04. The Morgan fingerprint density at radius 2 is 1.56 bits per heavy atom. The summed E-state index contributed by atoms with van der Waals surface area (Å²) < 4.78 is 36.9. The van der Waals surface area contributed by atoms with Gasteiger partial charge >= 0.3 is 0 Å². The van der Waals surface area contributed by atoms with Gasteiger partial charge < -0.3 is 0 Å². The van der Waals surface area contributed by atoms with Gasteiger partial charge in [-0.3, -0.25) is 9.59 Å². The van der Waals surface area contributed by atoms with Crippen LogP contribution in [0.15, 0.2) is 24.1 Å². The molecule has 0 aromatic rings. The zero-order valence-corrected chi connectivity index (χ0v) is 10.7. The highest BCUT2D eigenvalue weighted by Crippen LogP contribution is 2.16. The Kier molecular flexibility index (Phi) is 7.24. The third-order valence-electron chi connectivity index (χ3n) is 2.42.